The van der Waals surface area contributed by atoms with Crippen molar-refractivity contribution in [1.29, 1.82) is 10.8 Å². The van der Waals surface area contributed by atoms with Crippen molar-refractivity contribution in [3.8, 4) is 5.75 Å². The zero-order chi connectivity index (χ0) is 13.8. The van der Waals surface area contributed by atoms with Crippen LogP contribution in [0.15, 0.2) is 41.1 Å². The highest BCUT2D eigenvalue weighted by Gasteiger charge is 2.20. The van der Waals surface area contributed by atoms with E-state index >= 15 is 0 Å². The molecule has 1 aromatic carbocycles. The van der Waals surface area contributed by atoms with E-state index in [1.165, 1.54) is 0 Å². The minimum Gasteiger partial charge on any atom is -0.508 e. The number of hydrogen-bond donors (Lipinski definition) is 3. The molecule has 0 radical (unpaired) electrons. The molecule has 1 aromatic rings. The van der Waals surface area contributed by atoms with E-state index in [1.807, 2.05) is 6.92 Å². The summed E-state index contributed by atoms with van der Waals surface area (Å²) in [4.78, 5) is 4.34. The molecule has 19 heavy (non-hydrogen) atoms. The number of rotatable bonds is 3. The first kappa shape index (κ1) is 13.0. The fraction of sp³-hybridized carbons (Fsp3) is 0.214. The number of nitrogens with zero attached hydrogens (tertiary/aromatic N) is 1. The third-order valence-corrected chi connectivity index (χ3v) is 2.63. The molecular weight excluding hydrogens is 242 g/mol. The van der Waals surface area contributed by atoms with Gasteiger partial charge in [-0.15, -0.1) is 0 Å². The van der Waals surface area contributed by atoms with Crippen molar-refractivity contribution in [1.82, 2.24) is 0 Å². The Morgan fingerprint density at radius 3 is 2.53 bits per heavy atom. The van der Waals surface area contributed by atoms with Gasteiger partial charge in [0, 0.05) is 12.5 Å². The highest BCUT2D eigenvalue weighted by atomic mass is 16.5. The fourth-order valence-electron chi connectivity index (χ4n) is 1.70. The molecule has 0 aromatic heterocycles. The average Bonchev–Trinajstić information content (AvgIpc) is 2.38. The molecule has 0 heterocycles. The fourth-order valence-corrected chi connectivity index (χ4v) is 1.70. The molecule has 0 amide bonds. The maximum atomic E-state index is 9.21. The van der Waals surface area contributed by atoms with Gasteiger partial charge in [-0.05, 0) is 31.2 Å². The van der Waals surface area contributed by atoms with Crippen LogP contribution >= 0.6 is 0 Å². The van der Waals surface area contributed by atoms with Crippen molar-refractivity contribution in [3.05, 3.63) is 36.1 Å². The molecule has 0 atom stereocenters. The van der Waals surface area contributed by atoms with Crippen molar-refractivity contribution >= 4 is 22.8 Å². The van der Waals surface area contributed by atoms with E-state index in [9.17, 15) is 5.11 Å². The third kappa shape index (κ3) is 3.07. The Balaban J connectivity index is 2.34. The second kappa shape index (κ2) is 5.48. The summed E-state index contributed by atoms with van der Waals surface area (Å²) >= 11 is 0. The summed E-state index contributed by atoms with van der Waals surface area (Å²) in [6, 6.07) is 6.43. The normalized spacial score (nSPS) is 17.5. The summed E-state index contributed by atoms with van der Waals surface area (Å²) in [6.07, 6.45) is 1.84. The van der Waals surface area contributed by atoms with E-state index < -0.39 is 0 Å². The van der Waals surface area contributed by atoms with Crippen LogP contribution in [0.25, 0.3) is 0 Å². The third-order valence-electron chi connectivity index (χ3n) is 2.63. The van der Waals surface area contributed by atoms with E-state index in [-0.39, 0.29) is 12.2 Å². The van der Waals surface area contributed by atoms with E-state index in [2.05, 4.69) is 4.99 Å². The standard InChI is InChI=1S/C14H15N3O2/c1-2-19-14-8-13(11(15)7-12(14)16)17-9-3-5-10(18)6-4-9/h3-6,8,15-16,18H,2,7H2,1H3. The van der Waals surface area contributed by atoms with Crippen LogP contribution in [0.2, 0.25) is 0 Å². The lowest BCUT2D eigenvalue weighted by Gasteiger charge is -2.16. The van der Waals surface area contributed by atoms with Gasteiger partial charge >= 0.3 is 0 Å². The van der Waals surface area contributed by atoms with Gasteiger partial charge in [-0.3, -0.25) is 0 Å². The van der Waals surface area contributed by atoms with Gasteiger partial charge in [0.2, 0.25) is 0 Å². The molecule has 0 fully saturated rings. The number of phenols is 1. The summed E-state index contributed by atoms with van der Waals surface area (Å²) < 4.78 is 5.35. The number of benzene rings is 1. The first-order valence-electron chi connectivity index (χ1n) is 5.98. The number of aromatic hydroxyl groups is 1. The molecule has 0 spiro atoms. The van der Waals surface area contributed by atoms with Crippen LogP contribution in [0.1, 0.15) is 13.3 Å². The lowest BCUT2D eigenvalue weighted by molar-refractivity contribution is 0.249. The van der Waals surface area contributed by atoms with Gasteiger partial charge in [-0.2, -0.15) is 0 Å². The lowest BCUT2D eigenvalue weighted by atomic mass is 10.00. The molecule has 5 nitrogen and oxygen atoms in total. The van der Waals surface area contributed by atoms with Gasteiger partial charge < -0.3 is 20.7 Å². The zero-order valence-corrected chi connectivity index (χ0v) is 10.6. The minimum atomic E-state index is 0.176. The highest BCUT2D eigenvalue weighted by molar-refractivity contribution is 6.51. The van der Waals surface area contributed by atoms with Crippen molar-refractivity contribution in [2.45, 2.75) is 13.3 Å². The topological polar surface area (TPSA) is 89.5 Å². The van der Waals surface area contributed by atoms with Gasteiger partial charge in [-0.1, -0.05) is 0 Å². The first-order valence-corrected chi connectivity index (χ1v) is 5.98. The van der Waals surface area contributed by atoms with Crippen molar-refractivity contribution < 1.29 is 9.84 Å². The van der Waals surface area contributed by atoms with Gasteiger partial charge in [0.05, 0.1) is 29.4 Å². The SMILES string of the molecule is CCOC1=CC(=Nc2ccc(O)cc2)C(=N)CC1=N. The molecule has 1 aliphatic rings. The largest absolute Gasteiger partial charge is 0.508 e. The number of phenolic OH excluding ortho intramolecular Hbond substituents is 1. The summed E-state index contributed by atoms with van der Waals surface area (Å²) in [7, 11) is 0. The molecule has 0 bridgehead atoms. The molecule has 5 heteroatoms. The monoisotopic (exact) mass is 257 g/mol. The van der Waals surface area contributed by atoms with Crippen LogP contribution in [-0.2, 0) is 4.74 Å². The summed E-state index contributed by atoms with van der Waals surface area (Å²) in [5, 5.41) is 24.8. The second-order valence-corrected chi connectivity index (χ2v) is 4.09. The Morgan fingerprint density at radius 2 is 1.89 bits per heavy atom. The smallest absolute Gasteiger partial charge is 0.142 e. The maximum absolute atomic E-state index is 9.21. The highest BCUT2D eigenvalue weighted by Crippen LogP contribution is 2.19. The number of allylic oxidation sites excluding steroid dienone is 2. The summed E-state index contributed by atoms with van der Waals surface area (Å²) in [5.74, 6) is 0.644. The number of nitrogens with one attached hydrogen (secondary N) is 2. The minimum absolute atomic E-state index is 0.176. The summed E-state index contributed by atoms with van der Waals surface area (Å²) in [6.45, 7) is 2.33. The number of ether oxygens (including phenoxy) is 1. The molecule has 2 rings (SSSR count). The van der Waals surface area contributed by atoms with Crippen molar-refractivity contribution in [2.75, 3.05) is 6.61 Å². The second-order valence-electron chi connectivity index (χ2n) is 4.09. The Labute approximate surface area is 111 Å². The molecule has 98 valence electrons. The summed E-state index contributed by atoms with van der Waals surface area (Å²) in [5.41, 5.74) is 1.74. The Kier molecular flexibility index (Phi) is 3.75. The predicted octanol–water partition coefficient (Wildman–Crippen LogP) is 2.83. The van der Waals surface area contributed by atoms with Crippen LogP contribution < -0.4 is 0 Å². The molecular formula is C14H15N3O2. The van der Waals surface area contributed by atoms with Crippen molar-refractivity contribution in [2.24, 2.45) is 4.99 Å². The maximum Gasteiger partial charge on any atom is 0.142 e. The average molecular weight is 257 g/mol. The van der Waals surface area contributed by atoms with Crippen LogP contribution in [0.4, 0.5) is 5.69 Å². The first-order chi connectivity index (χ1) is 9.10. The van der Waals surface area contributed by atoms with Crippen LogP contribution in [0.3, 0.4) is 0 Å². The van der Waals surface area contributed by atoms with E-state index in [0.29, 0.717) is 35.2 Å². The number of aliphatic imine (C=N–C) groups is 1. The van der Waals surface area contributed by atoms with E-state index in [1.54, 1.807) is 30.3 Å². The quantitative estimate of drug-likeness (QED) is 0.777. The van der Waals surface area contributed by atoms with Crippen molar-refractivity contribution in [3.63, 3.8) is 0 Å². The van der Waals surface area contributed by atoms with Gasteiger partial charge in [0.1, 0.15) is 11.5 Å². The van der Waals surface area contributed by atoms with Gasteiger partial charge in [0.25, 0.3) is 0 Å². The molecule has 0 aliphatic heterocycles. The number of hydrogen-bond acceptors (Lipinski definition) is 5. The lowest BCUT2D eigenvalue weighted by Crippen LogP contribution is -2.24. The Bertz CT molecular complexity index is 571. The Hall–Kier alpha value is -2.43. The predicted molar refractivity (Wildman–Crippen MR) is 75.0 cm³/mol. The zero-order valence-electron chi connectivity index (χ0n) is 10.6. The molecule has 0 saturated carbocycles. The van der Waals surface area contributed by atoms with Crippen LogP contribution in [0.5, 0.6) is 5.75 Å². The van der Waals surface area contributed by atoms with Crippen LogP contribution in [-0.4, -0.2) is 28.8 Å². The van der Waals surface area contributed by atoms with Crippen LogP contribution in [0, 0.1) is 10.8 Å². The van der Waals surface area contributed by atoms with E-state index in [0.717, 1.165) is 0 Å². The molecule has 3 N–H and O–H groups in total. The van der Waals surface area contributed by atoms with E-state index in [4.69, 9.17) is 15.6 Å². The van der Waals surface area contributed by atoms with Gasteiger partial charge in [0.15, 0.2) is 0 Å². The molecule has 1 aliphatic carbocycles. The molecule has 0 saturated heterocycles. The molecule has 0 unspecified atom stereocenters. The van der Waals surface area contributed by atoms with Gasteiger partial charge in [-0.25, -0.2) is 4.99 Å². The Morgan fingerprint density at radius 1 is 1.21 bits per heavy atom.